The molecular weight excluding hydrogens is 376 g/mol. The summed E-state index contributed by atoms with van der Waals surface area (Å²) in [6, 6.07) is 19.0. The summed E-state index contributed by atoms with van der Waals surface area (Å²) in [7, 11) is 0. The fraction of sp³-hybridized carbons (Fsp3) is 0.208. The number of anilines is 3. The maximum atomic E-state index is 12.7. The van der Waals surface area contributed by atoms with Gasteiger partial charge in [0.1, 0.15) is 5.78 Å². The minimum Gasteiger partial charge on any atom is -0.385 e. The van der Waals surface area contributed by atoms with Crippen LogP contribution in [-0.2, 0) is 11.2 Å². The Balaban J connectivity index is 1.58. The molecule has 6 heteroatoms. The van der Waals surface area contributed by atoms with E-state index in [1.165, 1.54) is 6.92 Å². The van der Waals surface area contributed by atoms with Crippen molar-refractivity contribution in [2.45, 2.75) is 20.3 Å². The number of ketones is 1. The van der Waals surface area contributed by atoms with Crippen LogP contribution >= 0.6 is 0 Å². The number of pyridine rings is 1. The van der Waals surface area contributed by atoms with E-state index in [0.29, 0.717) is 16.9 Å². The van der Waals surface area contributed by atoms with E-state index >= 15 is 0 Å². The van der Waals surface area contributed by atoms with Crippen molar-refractivity contribution in [1.82, 2.24) is 4.98 Å². The van der Waals surface area contributed by atoms with Crippen LogP contribution in [0.15, 0.2) is 66.9 Å². The normalized spacial score (nSPS) is 10.3. The Morgan fingerprint density at radius 2 is 1.70 bits per heavy atom. The van der Waals surface area contributed by atoms with Crippen LogP contribution in [0.25, 0.3) is 0 Å². The van der Waals surface area contributed by atoms with Gasteiger partial charge in [-0.25, -0.2) is 0 Å². The molecule has 6 nitrogen and oxygen atoms in total. The van der Waals surface area contributed by atoms with Gasteiger partial charge in [0, 0.05) is 41.9 Å². The van der Waals surface area contributed by atoms with Crippen molar-refractivity contribution >= 4 is 28.8 Å². The third-order valence-electron chi connectivity index (χ3n) is 4.53. The molecule has 0 spiro atoms. The van der Waals surface area contributed by atoms with E-state index in [0.717, 1.165) is 29.9 Å². The fourth-order valence-corrected chi connectivity index (χ4v) is 2.97. The predicted molar refractivity (Wildman–Crippen MR) is 121 cm³/mol. The molecule has 0 atom stereocenters. The number of amides is 1. The molecule has 0 aliphatic heterocycles. The Labute approximate surface area is 176 Å². The average Bonchev–Trinajstić information content (AvgIpc) is 2.74. The topological polar surface area (TPSA) is 83.1 Å². The van der Waals surface area contributed by atoms with E-state index in [-0.39, 0.29) is 18.2 Å². The Kier molecular flexibility index (Phi) is 7.16. The smallest absolute Gasteiger partial charge is 0.257 e. The molecule has 3 rings (SSSR count). The predicted octanol–water partition coefficient (Wildman–Crippen LogP) is 4.30. The summed E-state index contributed by atoms with van der Waals surface area (Å²) < 4.78 is 0. The molecule has 0 saturated heterocycles. The first-order valence-corrected chi connectivity index (χ1v) is 9.90. The fourth-order valence-electron chi connectivity index (χ4n) is 2.97. The second-order valence-electron chi connectivity index (χ2n) is 7.13. The van der Waals surface area contributed by atoms with Crippen LogP contribution in [0, 0.1) is 6.92 Å². The van der Waals surface area contributed by atoms with Crippen LogP contribution in [0.3, 0.4) is 0 Å². The number of rotatable bonds is 9. The number of benzene rings is 2. The maximum absolute atomic E-state index is 12.7. The standard InChI is InChI=1S/C24H26N4O2/c1-17-6-11-22(23(15-17)27-16-18(2)29)24(30)28-21-9-7-20(8-10-21)26-14-12-19-5-3-4-13-25-19/h3-11,13,15,26-27H,12,14,16H2,1-2H3,(H,28,30). The number of hydrogen-bond acceptors (Lipinski definition) is 5. The lowest BCUT2D eigenvalue weighted by Gasteiger charge is -2.13. The number of Topliss-reactive ketones (excluding diaryl/α,β-unsaturated/α-hetero) is 1. The van der Waals surface area contributed by atoms with E-state index in [2.05, 4.69) is 20.9 Å². The number of carbonyl (C=O) groups excluding carboxylic acids is 2. The summed E-state index contributed by atoms with van der Waals surface area (Å²) in [5, 5.41) is 9.31. The minimum atomic E-state index is -0.225. The van der Waals surface area contributed by atoms with Crippen molar-refractivity contribution in [2.24, 2.45) is 0 Å². The molecular formula is C24H26N4O2. The molecule has 0 aliphatic carbocycles. The van der Waals surface area contributed by atoms with Gasteiger partial charge < -0.3 is 16.0 Å². The van der Waals surface area contributed by atoms with Gasteiger partial charge in [0.15, 0.2) is 0 Å². The molecule has 154 valence electrons. The third-order valence-corrected chi connectivity index (χ3v) is 4.53. The maximum Gasteiger partial charge on any atom is 0.257 e. The molecule has 0 radical (unpaired) electrons. The van der Waals surface area contributed by atoms with Crippen molar-refractivity contribution < 1.29 is 9.59 Å². The molecule has 0 aliphatic rings. The molecule has 3 aromatic rings. The molecule has 0 fully saturated rings. The zero-order chi connectivity index (χ0) is 21.3. The second kappa shape index (κ2) is 10.2. The van der Waals surface area contributed by atoms with Gasteiger partial charge in [0.2, 0.25) is 0 Å². The zero-order valence-electron chi connectivity index (χ0n) is 17.2. The number of aromatic nitrogens is 1. The van der Waals surface area contributed by atoms with Gasteiger partial charge in [-0.2, -0.15) is 0 Å². The van der Waals surface area contributed by atoms with Gasteiger partial charge in [-0.15, -0.1) is 0 Å². The van der Waals surface area contributed by atoms with Crippen LogP contribution in [-0.4, -0.2) is 29.8 Å². The van der Waals surface area contributed by atoms with Crippen LogP contribution in [0.1, 0.15) is 28.5 Å². The van der Waals surface area contributed by atoms with Crippen molar-refractivity contribution in [3.63, 3.8) is 0 Å². The highest BCUT2D eigenvalue weighted by molar-refractivity contribution is 6.08. The SMILES string of the molecule is CC(=O)CNc1cc(C)ccc1C(=O)Nc1ccc(NCCc2ccccn2)cc1. The van der Waals surface area contributed by atoms with E-state index in [1.807, 2.05) is 61.5 Å². The molecule has 2 aromatic carbocycles. The lowest BCUT2D eigenvalue weighted by Crippen LogP contribution is -2.17. The van der Waals surface area contributed by atoms with Gasteiger partial charge in [-0.05, 0) is 67.9 Å². The number of nitrogens with zero attached hydrogens (tertiary/aromatic N) is 1. The summed E-state index contributed by atoms with van der Waals surface area (Å²) in [6.07, 6.45) is 2.63. The Morgan fingerprint density at radius 3 is 2.40 bits per heavy atom. The number of hydrogen-bond donors (Lipinski definition) is 3. The summed E-state index contributed by atoms with van der Waals surface area (Å²) in [5.74, 6) is -0.217. The molecule has 1 amide bonds. The molecule has 30 heavy (non-hydrogen) atoms. The van der Waals surface area contributed by atoms with E-state index in [9.17, 15) is 9.59 Å². The van der Waals surface area contributed by atoms with Gasteiger partial charge in [0.05, 0.1) is 12.1 Å². The number of nitrogens with one attached hydrogen (secondary N) is 3. The molecule has 0 bridgehead atoms. The first-order chi connectivity index (χ1) is 14.5. The summed E-state index contributed by atoms with van der Waals surface area (Å²) >= 11 is 0. The second-order valence-corrected chi connectivity index (χ2v) is 7.13. The van der Waals surface area contributed by atoms with Gasteiger partial charge in [-0.1, -0.05) is 12.1 Å². The van der Waals surface area contributed by atoms with Crippen molar-refractivity contribution in [2.75, 3.05) is 29.0 Å². The van der Waals surface area contributed by atoms with Crippen LogP contribution in [0.4, 0.5) is 17.1 Å². The lowest BCUT2D eigenvalue weighted by molar-refractivity contribution is -0.115. The highest BCUT2D eigenvalue weighted by Gasteiger charge is 2.12. The highest BCUT2D eigenvalue weighted by atomic mass is 16.1. The number of aryl methyl sites for hydroxylation is 1. The third kappa shape index (κ3) is 6.17. The van der Waals surface area contributed by atoms with Crippen molar-refractivity contribution in [3.05, 3.63) is 83.7 Å². The molecule has 0 saturated carbocycles. The quantitative estimate of drug-likeness (QED) is 0.497. The summed E-state index contributed by atoms with van der Waals surface area (Å²) in [6.45, 7) is 4.41. The van der Waals surface area contributed by atoms with Gasteiger partial charge in [-0.3, -0.25) is 14.6 Å². The molecule has 3 N–H and O–H groups in total. The van der Waals surface area contributed by atoms with Gasteiger partial charge in [0.25, 0.3) is 5.91 Å². The lowest BCUT2D eigenvalue weighted by atomic mass is 10.1. The Hall–Kier alpha value is -3.67. The zero-order valence-corrected chi connectivity index (χ0v) is 17.2. The van der Waals surface area contributed by atoms with Crippen LogP contribution < -0.4 is 16.0 Å². The molecule has 1 aromatic heterocycles. The summed E-state index contributed by atoms with van der Waals surface area (Å²) in [5.41, 5.74) is 4.88. The van der Waals surface area contributed by atoms with Gasteiger partial charge >= 0.3 is 0 Å². The minimum absolute atomic E-state index is 0.00833. The molecule has 1 heterocycles. The highest BCUT2D eigenvalue weighted by Crippen LogP contribution is 2.20. The van der Waals surface area contributed by atoms with E-state index < -0.39 is 0 Å². The van der Waals surface area contributed by atoms with Crippen LogP contribution in [0.2, 0.25) is 0 Å². The van der Waals surface area contributed by atoms with E-state index in [1.54, 1.807) is 12.3 Å². The largest absolute Gasteiger partial charge is 0.385 e. The number of carbonyl (C=O) groups is 2. The molecule has 0 unspecified atom stereocenters. The average molecular weight is 402 g/mol. The van der Waals surface area contributed by atoms with Crippen molar-refractivity contribution in [1.29, 1.82) is 0 Å². The first-order valence-electron chi connectivity index (χ1n) is 9.90. The summed E-state index contributed by atoms with van der Waals surface area (Å²) in [4.78, 5) is 28.3. The Bertz CT molecular complexity index is 1000. The Morgan fingerprint density at radius 1 is 0.933 bits per heavy atom. The van der Waals surface area contributed by atoms with Crippen molar-refractivity contribution in [3.8, 4) is 0 Å². The monoisotopic (exact) mass is 402 g/mol. The first kappa shape index (κ1) is 21.0. The van der Waals surface area contributed by atoms with Crippen LogP contribution in [0.5, 0.6) is 0 Å². The van der Waals surface area contributed by atoms with E-state index in [4.69, 9.17) is 0 Å².